The first kappa shape index (κ1) is 11.3. The molecule has 1 fully saturated rings. The molecule has 1 aromatic carbocycles. The third-order valence-electron chi connectivity index (χ3n) is 2.92. The van der Waals surface area contributed by atoms with Crippen molar-refractivity contribution in [1.82, 2.24) is 5.32 Å². The third-order valence-corrected chi connectivity index (χ3v) is 2.92. The van der Waals surface area contributed by atoms with Crippen molar-refractivity contribution >= 4 is 0 Å². The van der Waals surface area contributed by atoms with Crippen LogP contribution in [0.4, 0.5) is 0 Å². The average molecular weight is 221 g/mol. The van der Waals surface area contributed by atoms with Gasteiger partial charge in [-0.2, -0.15) is 0 Å². The smallest absolute Gasteiger partial charge is 0.123 e. The Labute approximate surface area is 96.8 Å². The van der Waals surface area contributed by atoms with Crippen LogP contribution in [0.25, 0.3) is 0 Å². The van der Waals surface area contributed by atoms with Crippen molar-refractivity contribution in [2.45, 2.75) is 31.9 Å². The van der Waals surface area contributed by atoms with Crippen LogP contribution in [0.2, 0.25) is 0 Å². The highest BCUT2D eigenvalue weighted by Crippen LogP contribution is 2.22. The molecule has 0 spiro atoms. The van der Waals surface area contributed by atoms with Gasteiger partial charge in [-0.25, -0.2) is 0 Å². The summed E-state index contributed by atoms with van der Waals surface area (Å²) >= 11 is 0. The second-order valence-electron chi connectivity index (χ2n) is 4.30. The maximum Gasteiger partial charge on any atom is 0.123 e. The van der Waals surface area contributed by atoms with E-state index < -0.39 is 0 Å². The minimum atomic E-state index is 0.323. The normalized spacial score (nSPS) is 25.1. The third kappa shape index (κ3) is 2.89. The van der Waals surface area contributed by atoms with Crippen LogP contribution in [0.5, 0.6) is 11.5 Å². The Balaban J connectivity index is 1.97. The van der Waals surface area contributed by atoms with Gasteiger partial charge in [-0.15, -0.1) is 0 Å². The van der Waals surface area contributed by atoms with Crippen LogP contribution in [0.3, 0.4) is 0 Å². The molecule has 3 nitrogen and oxygen atoms in total. The molecule has 0 aliphatic carbocycles. The molecule has 1 aliphatic rings. The summed E-state index contributed by atoms with van der Waals surface area (Å²) in [4.78, 5) is 0. The van der Waals surface area contributed by atoms with Gasteiger partial charge in [-0.05, 0) is 38.4 Å². The predicted octanol–water partition coefficient (Wildman–Crippen LogP) is 2.21. The molecule has 1 aromatic rings. The molecule has 3 heteroatoms. The quantitative estimate of drug-likeness (QED) is 0.849. The lowest BCUT2D eigenvalue weighted by Crippen LogP contribution is -2.40. The molecule has 0 aromatic heterocycles. The summed E-state index contributed by atoms with van der Waals surface area (Å²) in [6.45, 7) is 3.23. The lowest BCUT2D eigenvalue weighted by atomic mass is 10.0. The second kappa shape index (κ2) is 5.21. The fourth-order valence-electron chi connectivity index (χ4n) is 2.06. The maximum absolute atomic E-state index is 5.95. The molecule has 0 saturated carbocycles. The van der Waals surface area contributed by atoms with E-state index in [0.717, 1.165) is 30.9 Å². The predicted molar refractivity (Wildman–Crippen MR) is 64.1 cm³/mol. The number of nitrogens with one attached hydrogen (secondary N) is 1. The molecule has 0 bridgehead atoms. The molecule has 1 heterocycles. The zero-order valence-corrected chi connectivity index (χ0v) is 9.90. The average Bonchev–Trinajstić information content (AvgIpc) is 2.29. The van der Waals surface area contributed by atoms with Gasteiger partial charge in [0, 0.05) is 12.1 Å². The summed E-state index contributed by atoms with van der Waals surface area (Å²) in [6.07, 6.45) is 2.46. The highest BCUT2D eigenvalue weighted by molar-refractivity contribution is 5.33. The molecule has 88 valence electrons. The monoisotopic (exact) mass is 221 g/mol. The van der Waals surface area contributed by atoms with Gasteiger partial charge in [0.15, 0.2) is 0 Å². The van der Waals surface area contributed by atoms with Gasteiger partial charge in [0.05, 0.1) is 7.11 Å². The van der Waals surface area contributed by atoms with Gasteiger partial charge in [0.2, 0.25) is 0 Å². The minimum absolute atomic E-state index is 0.323. The second-order valence-corrected chi connectivity index (χ2v) is 4.30. The van der Waals surface area contributed by atoms with Gasteiger partial charge in [-0.3, -0.25) is 0 Å². The number of rotatable bonds is 3. The highest BCUT2D eigenvalue weighted by atomic mass is 16.5. The van der Waals surface area contributed by atoms with Crippen molar-refractivity contribution in [2.24, 2.45) is 0 Å². The van der Waals surface area contributed by atoms with Crippen molar-refractivity contribution in [2.75, 3.05) is 13.7 Å². The summed E-state index contributed by atoms with van der Waals surface area (Å²) in [7, 11) is 1.67. The number of methoxy groups -OCH3 is 1. The maximum atomic E-state index is 5.95. The zero-order chi connectivity index (χ0) is 11.4. The largest absolute Gasteiger partial charge is 0.497 e. The highest BCUT2D eigenvalue weighted by Gasteiger charge is 2.19. The Hall–Kier alpha value is -1.22. The lowest BCUT2D eigenvalue weighted by Gasteiger charge is -2.28. The number of hydrogen-bond donors (Lipinski definition) is 1. The van der Waals surface area contributed by atoms with Crippen LogP contribution in [-0.4, -0.2) is 25.8 Å². The van der Waals surface area contributed by atoms with E-state index in [1.165, 1.54) is 0 Å². The van der Waals surface area contributed by atoms with Gasteiger partial charge in [-0.1, -0.05) is 6.07 Å². The van der Waals surface area contributed by atoms with Gasteiger partial charge < -0.3 is 14.8 Å². The van der Waals surface area contributed by atoms with Crippen LogP contribution in [-0.2, 0) is 0 Å². The number of hydrogen-bond acceptors (Lipinski definition) is 3. The summed E-state index contributed by atoms with van der Waals surface area (Å²) < 4.78 is 11.1. The molecule has 2 unspecified atom stereocenters. The first-order valence-electron chi connectivity index (χ1n) is 5.82. The van der Waals surface area contributed by atoms with Crippen LogP contribution < -0.4 is 14.8 Å². The van der Waals surface area contributed by atoms with Gasteiger partial charge in [0.1, 0.15) is 17.6 Å². The Bertz CT molecular complexity index is 340. The molecule has 2 atom stereocenters. The fourth-order valence-corrected chi connectivity index (χ4v) is 2.06. The van der Waals surface area contributed by atoms with Gasteiger partial charge in [0.25, 0.3) is 0 Å². The van der Waals surface area contributed by atoms with Crippen LogP contribution in [0, 0.1) is 0 Å². The van der Waals surface area contributed by atoms with E-state index in [0.29, 0.717) is 12.1 Å². The van der Waals surface area contributed by atoms with E-state index in [-0.39, 0.29) is 0 Å². The molecule has 1 N–H and O–H groups in total. The Kier molecular flexibility index (Phi) is 3.67. The van der Waals surface area contributed by atoms with Crippen LogP contribution >= 0.6 is 0 Å². The van der Waals surface area contributed by atoms with Crippen LogP contribution in [0.1, 0.15) is 19.8 Å². The summed E-state index contributed by atoms with van der Waals surface area (Å²) in [5.41, 5.74) is 0. The summed E-state index contributed by atoms with van der Waals surface area (Å²) in [5, 5.41) is 3.42. The zero-order valence-electron chi connectivity index (χ0n) is 9.90. The van der Waals surface area contributed by atoms with Crippen molar-refractivity contribution in [3.05, 3.63) is 24.3 Å². The molecule has 1 aliphatic heterocycles. The number of piperidine rings is 1. The topological polar surface area (TPSA) is 30.5 Å². The van der Waals surface area contributed by atoms with E-state index >= 15 is 0 Å². The molecule has 1 saturated heterocycles. The van der Waals surface area contributed by atoms with E-state index in [9.17, 15) is 0 Å². The van der Waals surface area contributed by atoms with E-state index in [1.807, 2.05) is 24.3 Å². The number of ether oxygens (including phenoxy) is 2. The lowest BCUT2D eigenvalue weighted by molar-refractivity contribution is 0.143. The summed E-state index contributed by atoms with van der Waals surface area (Å²) in [6, 6.07) is 8.35. The first-order valence-corrected chi connectivity index (χ1v) is 5.82. The number of benzene rings is 1. The van der Waals surface area contributed by atoms with E-state index in [4.69, 9.17) is 9.47 Å². The minimum Gasteiger partial charge on any atom is -0.497 e. The van der Waals surface area contributed by atoms with Crippen molar-refractivity contribution in [1.29, 1.82) is 0 Å². The molecule has 2 rings (SSSR count). The Morgan fingerprint density at radius 1 is 1.31 bits per heavy atom. The molecular weight excluding hydrogens is 202 g/mol. The standard InChI is InChI=1S/C13H19NO2/c1-10-8-13(6-7-14-10)16-12-5-3-4-11(9-12)15-2/h3-5,9-10,13-14H,6-8H2,1-2H3. The molecule has 0 amide bonds. The molecular formula is C13H19NO2. The molecule has 16 heavy (non-hydrogen) atoms. The SMILES string of the molecule is COc1cccc(OC2CCNC(C)C2)c1. The Morgan fingerprint density at radius 3 is 2.88 bits per heavy atom. The molecule has 0 radical (unpaired) electrons. The van der Waals surface area contributed by atoms with Crippen molar-refractivity contribution in [3.63, 3.8) is 0 Å². The van der Waals surface area contributed by atoms with E-state index in [1.54, 1.807) is 7.11 Å². The van der Waals surface area contributed by atoms with Crippen molar-refractivity contribution < 1.29 is 9.47 Å². The Morgan fingerprint density at radius 2 is 2.12 bits per heavy atom. The van der Waals surface area contributed by atoms with E-state index in [2.05, 4.69) is 12.2 Å². The van der Waals surface area contributed by atoms with Crippen LogP contribution in [0.15, 0.2) is 24.3 Å². The first-order chi connectivity index (χ1) is 7.78. The summed E-state index contributed by atoms with van der Waals surface area (Å²) in [5.74, 6) is 1.75. The fraction of sp³-hybridized carbons (Fsp3) is 0.538. The van der Waals surface area contributed by atoms with Crippen molar-refractivity contribution in [3.8, 4) is 11.5 Å². The van der Waals surface area contributed by atoms with Gasteiger partial charge >= 0.3 is 0 Å².